The molecule has 1 saturated heterocycles. The van der Waals surface area contributed by atoms with E-state index in [0.29, 0.717) is 35.6 Å². The smallest absolute Gasteiger partial charge is 0.246 e. The van der Waals surface area contributed by atoms with Crippen molar-refractivity contribution in [3.8, 4) is 11.3 Å². The predicted molar refractivity (Wildman–Crippen MR) is 127 cm³/mol. The number of amides is 1. The van der Waals surface area contributed by atoms with Crippen molar-refractivity contribution < 1.29 is 13.2 Å². The minimum Gasteiger partial charge on any atom is -0.383 e. The SMILES string of the molecule is C=CC(=O)N1CCC[C@@H](n2nc(-c3ccc(CNS(=O)(=O)CC)cc3)c3c(N)ncnc32)C1. The summed E-state index contributed by atoms with van der Waals surface area (Å²) in [6.07, 6.45) is 4.46. The first-order valence-electron chi connectivity index (χ1n) is 10.8. The number of hydrogen-bond donors (Lipinski definition) is 2. The summed E-state index contributed by atoms with van der Waals surface area (Å²) in [6, 6.07) is 7.41. The molecule has 1 aromatic carbocycles. The fourth-order valence-corrected chi connectivity index (χ4v) is 4.60. The molecule has 4 rings (SSSR count). The summed E-state index contributed by atoms with van der Waals surface area (Å²) < 4.78 is 27.8. The number of aromatic nitrogens is 4. The predicted octanol–water partition coefficient (Wildman–Crippen LogP) is 1.86. The Bertz CT molecular complexity index is 1290. The highest BCUT2D eigenvalue weighted by atomic mass is 32.2. The van der Waals surface area contributed by atoms with Crippen molar-refractivity contribution in [2.75, 3.05) is 24.6 Å². The number of carbonyl (C=O) groups excluding carboxylic acids is 1. The van der Waals surface area contributed by atoms with Gasteiger partial charge in [0.2, 0.25) is 15.9 Å². The Hall–Kier alpha value is -3.31. The van der Waals surface area contributed by atoms with Crippen LogP contribution < -0.4 is 10.5 Å². The number of fused-ring (bicyclic) bond motifs is 1. The van der Waals surface area contributed by atoms with E-state index in [-0.39, 0.29) is 24.2 Å². The van der Waals surface area contributed by atoms with Crippen molar-refractivity contribution in [2.45, 2.75) is 32.4 Å². The molecule has 10 nitrogen and oxygen atoms in total. The van der Waals surface area contributed by atoms with Gasteiger partial charge in [-0.05, 0) is 31.4 Å². The molecule has 174 valence electrons. The van der Waals surface area contributed by atoms with Crippen LogP contribution in [0, 0.1) is 0 Å². The van der Waals surface area contributed by atoms with Gasteiger partial charge in [0.05, 0.1) is 17.2 Å². The van der Waals surface area contributed by atoms with Crippen molar-refractivity contribution in [1.29, 1.82) is 0 Å². The third-order valence-corrected chi connectivity index (χ3v) is 7.19. The Labute approximate surface area is 192 Å². The number of nitrogen functional groups attached to an aromatic ring is 1. The first-order valence-corrected chi connectivity index (χ1v) is 12.4. The zero-order valence-electron chi connectivity index (χ0n) is 18.4. The number of carbonyl (C=O) groups is 1. The van der Waals surface area contributed by atoms with Crippen LogP contribution in [0.4, 0.5) is 5.82 Å². The highest BCUT2D eigenvalue weighted by Crippen LogP contribution is 2.33. The number of nitrogens with zero attached hydrogens (tertiary/aromatic N) is 5. The van der Waals surface area contributed by atoms with E-state index in [4.69, 9.17) is 10.8 Å². The molecule has 1 fully saturated rings. The van der Waals surface area contributed by atoms with Crippen molar-refractivity contribution in [3.63, 3.8) is 0 Å². The van der Waals surface area contributed by atoms with Gasteiger partial charge in [-0.2, -0.15) is 5.10 Å². The number of nitrogens with two attached hydrogens (primary N) is 1. The monoisotopic (exact) mass is 469 g/mol. The molecule has 1 amide bonds. The lowest BCUT2D eigenvalue weighted by Gasteiger charge is -2.32. The highest BCUT2D eigenvalue weighted by Gasteiger charge is 2.28. The summed E-state index contributed by atoms with van der Waals surface area (Å²) in [5, 5.41) is 5.51. The average molecular weight is 470 g/mol. The van der Waals surface area contributed by atoms with Crippen LogP contribution in [0.2, 0.25) is 0 Å². The Morgan fingerprint density at radius 2 is 2.06 bits per heavy atom. The van der Waals surface area contributed by atoms with E-state index in [1.54, 1.807) is 11.8 Å². The Morgan fingerprint density at radius 1 is 1.30 bits per heavy atom. The summed E-state index contributed by atoms with van der Waals surface area (Å²) in [5.41, 5.74) is 9.13. The molecule has 3 N–H and O–H groups in total. The van der Waals surface area contributed by atoms with Crippen LogP contribution in [0.3, 0.4) is 0 Å². The van der Waals surface area contributed by atoms with Gasteiger partial charge in [0.25, 0.3) is 0 Å². The normalized spacial score (nSPS) is 16.8. The summed E-state index contributed by atoms with van der Waals surface area (Å²) in [7, 11) is -3.27. The second-order valence-corrected chi connectivity index (χ2v) is 10.1. The Kier molecular flexibility index (Phi) is 6.43. The quantitative estimate of drug-likeness (QED) is 0.504. The van der Waals surface area contributed by atoms with Crippen LogP contribution in [0.15, 0.2) is 43.2 Å². The highest BCUT2D eigenvalue weighted by molar-refractivity contribution is 7.89. The molecule has 1 aliphatic rings. The molecular weight excluding hydrogens is 442 g/mol. The summed E-state index contributed by atoms with van der Waals surface area (Å²) >= 11 is 0. The Balaban J connectivity index is 1.68. The number of likely N-dealkylation sites (tertiary alicyclic amines) is 1. The van der Waals surface area contributed by atoms with Gasteiger partial charge in [0, 0.05) is 25.2 Å². The molecule has 3 heterocycles. The molecule has 1 aliphatic heterocycles. The molecule has 2 aromatic heterocycles. The second-order valence-electron chi connectivity index (χ2n) is 7.96. The molecule has 1 atom stereocenters. The number of nitrogens with one attached hydrogen (secondary N) is 1. The molecule has 0 bridgehead atoms. The maximum Gasteiger partial charge on any atom is 0.246 e. The molecule has 3 aromatic rings. The van der Waals surface area contributed by atoms with E-state index in [1.165, 1.54) is 12.4 Å². The summed E-state index contributed by atoms with van der Waals surface area (Å²) in [5.74, 6) is 0.265. The minimum atomic E-state index is -3.27. The van der Waals surface area contributed by atoms with E-state index < -0.39 is 10.0 Å². The molecule has 33 heavy (non-hydrogen) atoms. The number of hydrogen-bond acceptors (Lipinski definition) is 7. The van der Waals surface area contributed by atoms with Gasteiger partial charge in [-0.25, -0.2) is 27.8 Å². The standard InChI is InChI=1S/C22H27N7O3S/c1-3-18(30)28-11-5-6-17(13-28)29-22-19(21(23)24-14-25-22)20(27-29)16-9-7-15(8-10-16)12-26-33(31,32)4-2/h3,7-10,14,17,26H,1,4-6,11-13H2,2H3,(H2,23,24,25)/t17-/m1/s1. The van der Waals surface area contributed by atoms with Crippen LogP contribution in [-0.2, 0) is 21.4 Å². The number of benzene rings is 1. The van der Waals surface area contributed by atoms with Crippen LogP contribution in [0.25, 0.3) is 22.3 Å². The van der Waals surface area contributed by atoms with Gasteiger partial charge in [-0.1, -0.05) is 30.8 Å². The average Bonchev–Trinajstić information content (AvgIpc) is 3.24. The van der Waals surface area contributed by atoms with Crippen LogP contribution in [-0.4, -0.2) is 57.8 Å². The van der Waals surface area contributed by atoms with Gasteiger partial charge < -0.3 is 10.6 Å². The molecule has 0 unspecified atom stereocenters. The fraction of sp³-hybridized carbons (Fsp3) is 0.364. The first kappa shape index (κ1) is 22.9. The number of sulfonamides is 1. The van der Waals surface area contributed by atoms with Gasteiger partial charge >= 0.3 is 0 Å². The fourth-order valence-electron chi connectivity index (χ4n) is 4.01. The number of rotatable bonds is 7. The van der Waals surface area contributed by atoms with E-state index in [2.05, 4.69) is 21.3 Å². The van der Waals surface area contributed by atoms with E-state index >= 15 is 0 Å². The molecule has 0 aliphatic carbocycles. The molecule has 0 radical (unpaired) electrons. The zero-order valence-corrected chi connectivity index (χ0v) is 19.3. The summed E-state index contributed by atoms with van der Waals surface area (Å²) in [4.78, 5) is 22.5. The largest absolute Gasteiger partial charge is 0.383 e. The van der Waals surface area contributed by atoms with E-state index in [0.717, 1.165) is 24.0 Å². The summed E-state index contributed by atoms with van der Waals surface area (Å²) in [6.45, 7) is 6.60. The van der Waals surface area contributed by atoms with Crippen LogP contribution in [0.1, 0.15) is 31.4 Å². The minimum absolute atomic E-state index is 0.0325. The maximum atomic E-state index is 12.1. The van der Waals surface area contributed by atoms with Gasteiger partial charge in [-0.15, -0.1) is 0 Å². The maximum absolute atomic E-state index is 12.1. The topological polar surface area (TPSA) is 136 Å². The van der Waals surface area contributed by atoms with Gasteiger partial charge in [0.15, 0.2) is 5.65 Å². The lowest BCUT2D eigenvalue weighted by atomic mass is 10.1. The number of anilines is 1. The van der Waals surface area contributed by atoms with Crippen molar-refractivity contribution in [2.24, 2.45) is 0 Å². The second kappa shape index (κ2) is 9.28. The van der Waals surface area contributed by atoms with Crippen LogP contribution >= 0.6 is 0 Å². The number of piperidine rings is 1. The third kappa shape index (κ3) is 4.74. The first-order chi connectivity index (χ1) is 15.8. The molecular formula is C22H27N7O3S. The van der Waals surface area contributed by atoms with Gasteiger partial charge in [-0.3, -0.25) is 4.79 Å². The lowest BCUT2D eigenvalue weighted by Crippen LogP contribution is -2.40. The Morgan fingerprint density at radius 3 is 2.76 bits per heavy atom. The van der Waals surface area contributed by atoms with E-state index in [1.807, 2.05) is 28.9 Å². The third-order valence-electron chi connectivity index (χ3n) is 5.85. The van der Waals surface area contributed by atoms with E-state index in [9.17, 15) is 13.2 Å². The van der Waals surface area contributed by atoms with Crippen LogP contribution in [0.5, 0.6) is 0 Å². The molecule has 0 spiro atoms. The van der Waals surface area contributed by atoms with Crippen molar-refractivity contribution in [1.82, 2.24) is 29.4 Å². The molecule has 0 saturated carbocycles. The molecule has 11 heteroatoms. The van der Waals surface area contributed by atoms with Gasteiger partial charge in [0.1, 0.15) is 17.8 Å². The van der Waals surface area contributed by atoms with Crippen molar-refractivity contribution >= 4 is 32.8 Å². The van der Waals surface area contributed by atoms with Crippen molar-refractivity contribution in [3.05, 3.63) is 48.8 Å². The zero-order chi connectivity index (χ0) is 23.6. The lowest BCUT2D eigenvalue weighted by molar-refractivity contribution is -0.127.